The molecular weight excluding hydrogens is 338 g/mol. The Morgan fingerprint density at radius 2 is 1.81 bits per heavy atom. The van der Waals surface area contributed by atoms with Crippen molar-refractivity contribution < 1.29 is 4.79 Å². The Bertz CT molecular complexity index is 497. The smallest absolute Gasteiger partial charge is 0.225 e. The van der Waals surface area contributed by atoms with Crippen molar-refractivity contribution in [3.8, 4) is 0 Å². The molecule has 0 spiro atoms. The maximum atomic E-state index is 12.6. The summed E-state index contributed by atoms with van der Waals surface area (Å²) < 4.78 is 0. The highest BCUT2D eigenvalue weighted by molar-refractivity contribution is 5.81. The zero-order valence-corrected chi connectivity index (χ0v) is 17.4. The summed E-state index contributed by atoms with van der Waals surface area (Å²) in [5.74, 6) is 1.58. The molecule has 0 radical (unpaired) electrons. The summed E-state index contributed by atoms with van der Waals surface area (Å²) in [6.45, 7) is 6.50. The van der Waals surface area contributed by atoms with E-state index in [1.54, 1.807) is 0 Å². The first-order valence-electron chi connectivity index (χ1n) is 11.2. The van der Waals surface area contributed by atoms with E-state index in [-0.39, 0.29) is 5.92 Å². The van der Waals surface area contributed by atoms with Crippen LogP contribution in [0.25, 0.3) is 0 Å². The van der Waals surface area contributed by atoms with Crippen molar-refractivity contribution in [1.29, 1.82) is 0 Å². The van der Waals surface area contributed by atoms with E-state index in [4.69, 9.17) is 4.99 Å². The molecule has 2 saturated carbocycles. The first-order chi connectivity index (χ1) is 13.2. The lowest BCUT2D eigenvalue weighted by atomic mass is 10.1. The molecule has 1 unspecified atom stereocenters. The predicted molar refractivity (Wildman–Crippen MR) is 111 cm³/mol. The van der Waals surface area contributed by atoms with Gasteiger partial charge in [0.05, 0.1) is 6.54 Å². The number of hydrogen-bond acceptors (Lipinski definition) is 3. The van der Waals surface area contributed by atoms with Gasteiger partial charge < -0.3 is 20.4 Å². The molecule has 2 aliphatic carbocycles. The Hall–Kier alpha value is -1.30. The van der Waals surface area contributed by atoms with Gasteiger partial charge in [-0.25, -0.2) is 0 Å². The molecule has 154 valence electrons. The molecule has 3 aliphatic rings. The molecule has 0 aromatic heterocycles. The second kappa shape index (κ2) is 10.3. The minimum atomic E-state index is 0.289. The average Bonchev–Trinajstić information content (AvgIpc) is 3.42. The summed E-state index contributed by atoms with van der Waals surface area (Å²) in [6, 6.07) is 1.07. The van der Waals surface area contributed by atoms with Gasteiger partial charge in [-0.3, -0.25) is 9.79 Å². The Morgan fingerprint density at radius 3 is 2.52 bits per heavy atom. The monoisotopic (exact) mass is 377 g/mol. The van der Waals surface area contributed by atoms with Crippen LogP contribution in [0.3, 0.4) is 0 Å². The second-order valence-electron chi connectivity index (χ2n) is 8.58. The lowest BCUT2D eigenvalue weighted by molar-refractivity contribution is -0.134. The van der Waals surface area contributed by atoms with Gasteiger partial charge in [-0.2, -0.15) is 0 Å². The van der Waals surface area contributed by atoms with Crippen molar-refractivity contribution in [3.05, 3.63) is 0 Å². The van der Waals surface area contributed by atoms with E-state index in [9.17, 15) is 4.79 Å². The van der Waals surface area contributed by atoms with Gasteiger partial charge in [-0.1, -0.05) is 25.7 Å². The average molecular weight is 378 g/mol. The number of carbonyl (C=O) groups is 1. The van der Waals surface area contributed by atoms with Crippen molar-refractivity contribution in [3.63, 3.8) is 0 Å². The molecule has 6 nitrogen and oxygen atoms in total. The molecule has 0 aromatic rings. The maximum absolute atomic E-state index is 12.6. The third-order valence-corrected chi connectivity index (χ3v) is 6.56. The van der Waals surface area contributed by atoms with Crippen molar-refractivity contribution >= 4 is 11.9 Å². The van der Waals surface area contributed by atoms with E-state index < -0.39 is 0 Å². The van der Waals surface area contributed by atoms with Gasteiger partial charge in [0.1, 0.15) is 0 Å². The van der Waals surface area contributed by atoms with Gasteiger partial charge in [0.25, 0.3) is 0 Å². The number of nitrogens with one attached hydrogen (secondary N) is 2. The van der Waals surface area contributed by atoms with Gasteiger partial charge in [0.15, 0.2) is 5.96 Å². The summed E-state index contributed by atoms with van der Waals surface area (Å²) in [5.41, 5.74) is 0. The van der Waals surface area contributed by atoms with Crippen LogP contribution >= 0.6 is 0 Å². The van der Waals surface area contributed by atoms with E-state index in [1.807, 2.05) is 0 Å². The van der Waals surface area contributed by atoms with Crippen molar-refractivity contribution in [2.24, 2.45) is 10.9 Å². The molecule has 27 heavy (non-hydrogen) atoms. The molecular formula is C21H39N5O. The molecule has 1 heterocycles. The van der Waals surface area contributed by atoms with Gasteiger partial charge in [-0.15, -0.1) is 0 Å². The van der Waals surface area contributed by atoms with E-state index in [2.05, 4.69) is 34.4 Å². The lowest BCUT2D eigenvalue weighted by Gasteiger charge is -2.23. The third kappa shape index (κ3) is 5.84. The Kier molecular flexibility index (Phi) is 7.80. The number of aliphatic imine (C=N–C) groups is 1. The van der Waals surface area contributed by atoms with Gasteiger partial charge in [0, 0.05) is 44.2 Å². The molecule has 2 N–H and O–H groups in total. The summed E-state index contributed by atoms with van der Waals surface area (Å²) in [7, 11) is 2.23. The molecule has 0 bridgehead atoms. The van der Waals surface area contributed by atoms with Gasteiger partial charge >= 0.3 is 0 Å². The summed E-state index contributed by atoms with van der Waals surface area (Å²) in [4.78, 5) is 22.0. The summed E-state index contributed by atoms with van der Waals surface area (Å²) in [5, 5.41) is 6.93. The molecule has 1 amide bonds. The number of likely N-dealkylation sites (N-methyl/N-ethyl adjacent to an activating group) is 1. The number of rotatable bonds is 7. The topological polar surface area (TPSA) is 60.0 Å². The second-order valence-corrected chi connectivity index (χ2v) is 8.58. The van der Waals surface area contributed by atoms with Crippen LogP contribution in [-0.2, 0) is 4.79 Å². The summed E-state index contributed by atoms with van der Waals surface area (Å²) in [6.07, 6.45) is 11.1. The SMILES string of the molecule is CCNC(=NCCN(C)C1CCCC1)NC1CCN(C(=O)C2CCCC2)C1. The van der Waals surface area contributed by atoms with Crippen LogP contribution < -0.4 is 10.6 Å². The zero-order chi connectivity index (χ0) is 19.1. The highest BCUT2D eigenvalue weighted by atomic mass is 16.2. The van der Waals surface area contributed by atoms with Crippen LogP contribution in [0.1, 0.15) is 64.7 Å². The number of carbonyl (C=O) groups excluding carboxylic acids is 1. The zero-order valence-electron chi connectivity index (χ0n) is 17.4. The van der Waals surface area contributed by atoms with Crippen LogP contribution in [-0.4, -0.2) is 73.5 Å². The van der Waals surface area contributed by atoms with E-state index in [1.165, 1.54) is 38.5 Å². The Morgan fingerprint density at radius 1 is 1.11 bits per heavy atom. The molecule has 1 aliphatic heterocycles. The lowest BCUT2D eigenvalue weighted by Crippen LogP contribution is -2.45. The van der Waals surface area contributed by atoms with Crippen LogP contribution in [0, 0.1) is 5.92 Å². The maximum Gasteiger partial charge on any atom is 0.225 e. The van der Waals surface area contributed by atoms with Crippen LogP contribution in [0.5, 0.6) is 0 Å². The standard InChI is InChI=1S/C21H39N5O/c1-3-22-21(23-13-15-25(2)19-10-6-7-11-19)24-18-12-14-26(16-18)20(27)17-8-4-5-9-17/h17-19H,3-16H2,1-2H3,(H2,22,23,24). The van der Waals surface area contributed by atoms with Gasteiger partial charge in [0.2, 0.25) is 5.91 Å². The number of amides is 1. The first kappa shape index (κ1) is 20.4. The van der Waals surface area contributed by atoms with E-state index in [0.717, 1.165) is 64.0 Å². The van der Waals surface area contributed by atoms with Crippen LogP contribution in [0.15, 0.2) is 4.99 Å². The first-order valence-corrected chi connectivity index (χ1v) is 11.2. The highest BCUT2D eigenvalue weighted by Gasteiger charge is 2.32. The fraction of sp³-hybridized carbons (Fsp3) is 0.905. The van der Waals surface area contributed by atoms with E-state index in [0.29, 0.717) is 11.9 Å². The molecule has 6 heteroatoms. The van der Waals surface area contributed by atoms with Crippen molar-refractivity contribution in [2.75, 3.05) is 39.8 Å². The largest absolute Gasteiger partial charge is 0.357 e. The number of hydrogen-bond donors (Lipinski definition) is 2. The number of likely N-dealkylation sites (tertiary alicyclic amines) is 1. The third-order valence-electron chi connectivity index (χ3n) is 6.56. The van der Waals surface area contributed by atoms with Crippen LogP contribution in [0.4, 0.5) is 0 Å². The quantitative estimate of drug-likeness (QED) is 0.527. The predicted octanol–water partition coefficient (Wildman–Crippen LogP) is 2.21. The molecule has 3 fully saturated rings. The van der Waals surface area contributed by atoms with Crippen molar-refractivity contribution in [2.45, 2.75) is 76.8 Å². The van der Waals surface area contributed by atoms with Gasteiger partial charge in [-0.05, 0) is 46.1 Å². The Labute approximate surface area is 165 Å². The Balaban J connectivity index is 1.43. The molecule has 1 atom stereocenters. The molecule has 3 rings (SSSR count). The fourth-order valence-electron chi connectivity index (χ4n) is 4.87. The minimum Gasteiger partial charge on any atom is -0.357 e. The van der Waals surface area contributed by atoms with Crippen molar-refractivity contribution in [1.82, 2.24) is 20.4 Å². The minimum absolute atomic E-state index is 0.289. The number of guanidine groups is 1. The highest BCUT2D eigenvalue weighted by Crippen LogP contribution is 2.27. The van der Waals surface area contributed by atoms with Crippen LogP contribution in [0.2, 0.25) is 0 Å². The number of nitrogens with zero attached hydrogens (tertiary/aromatic N) is 3. The molecule has 0 aromatic carbocycles. The fourth-order valence-corrected chi connectivity index (χ4v) is 4.87. The normalized spacial score (nSPS) is 24.9. The van der Waals surface area contributed by atoms with E-state index >= 15 is 0 Å². The molecule has 1 saturated heterocycles. The summed E-state index contributed by atoms with van der Waals surface area (Å²) >= 11 is 0.